The van der Waals surface area contributed by atoms with Crippen LogP contribution in [0.25, 0.3) is 0 Å². The number of carbonyl (C=O) groups excluding carboxylic acids is 1. The van der Waals surface area contributed by atoms with E-state index in [1.807, 2.05) is 50.2 Å². The Morgan fingerprint density at radius 2 is 1.86 bits per heavy atom. The molecule has 0 atom stereocenters. The molecule has 0 amide bonds. The van der Waals surface area contributed by atoms with E-state index in [0.717, 1.165) is 23.2 Å². The molecule has 0 aliphatic carbocycles. The van der Waals surface area contributed by atoms with Gasteiger partial charge in [0.05, 0.1) is 6.54 Å². The fourth-order valence-electron chi connectivity index (χ4n) is 2.45. The van der Waals surface area contributed by atoms with Crippen LogP contribution < -0.4 is 0 Å². The third kappa shape index (κ3) is 3.99. The zero-order chi connectivity index (χ0) is 15.4. The number of benzene rings is 1. The number of pyridine rings is 1. The van der Waals surface area contributed by atoms with Crippen LogP contribution in [0.3, 0.4) is 0 Å². The minimum absolute atomic E-state index is 0.169. The monoisotopic (exact) mass is 282 g/mol. The van der Waals surface area contributed by atoms with Gasteiger partial charge in [0.15, 0.2) is 5.78 Å². The van der Waals surface area contributed by atoms with E-state index >= 15 is 0 Å². The molecule has 1 aromatic carbocycles. The number of nitrogens with zero attached hydrogens (tertiary/aromatic N) is 2. The Balaban J connectivity index is 2.06. The summed E-state index contributed by atoms with van der Waals surface area (Å²) in [5.74, 6) is 0.169. The van der Waals surface area contributed by atoms with Gasteiger partial charge in [0.1, 0.15) is 0 Å². The van der Waals surface area contributed by atoms with E-state index in [9.17, 15) is 4.79 Å². The van der Waals surface area contributed by atoms with E-state index in [-0.39, 0.29) is 5.78 Å². The Morgan fingerprint density at radius 3 is 2.52 bits per heavy atom. The van der Waals surface area contributed by atoms with Gasteiger partial charge in [-0.2, -0.15) is 0 Å². The normalized spacial score (nSPS) is 10.9. The third-order valence-electron chi connectivity index (χ3n) is 3.73. The first kappa shape index (κ1) is 15.4. The smallest absolute Gasteiger partial charge is 0.177 e. The molecule has 0 saturated carbocycles. The van der Waals surface area contributed by atoms with Crippen LogP contribution in [0.4, 0.5) is 0 Å². The molecule has 3 heteroatoms. The molecule has 0 bridgehead atoms. The predicted molar refractivity (Wildman–Crippen MR) is 85.6 cm³/mol. The van der Waals surface area contributed by atoms with Crippen LogP contribution in [0.2, 0.25) is 0 Å². The summed E-state index contributed by atoms with van der Waals surface area (Å²) in [5, 5.41) is 0. The molecular weight excluding hydrogens is 260 g/mol. The maximum atomic E-state index is 12.5. The Kier molecular flexibility index (Phi) is 4.86. The first-order chi connectivity index (χ1) is 9.97. The Morgan fingerprint density at radius 1 is 1.14 bits per heavy atom. The molecule has 110 valence electrons. The summed E-state index contributed by atoms with van der Waals surface area (Å²) >= 11 is 0. The van der Waals surface area contributed by atoms with Gasteiger partial charge < -0.3 is 0 Å². The molecular formula is C18H22N2O. The van der Waals surface area contributed by atoms with Crippen molar-refractivity contribution in [2.75, 3.05) is 13.6 Å². The number of Topliss-reactive ketones (excluding diaryl/α,β-unsaturated/α-hetero) is 1. The van der Waals surface area contributed by atoms with Gasteiger partial charge in [-0.15, -0.1) is 0 Å². The molecule has 1 aromatic heterocycles. The summed E-state index contributed by atoms with van der Waals surface area (Å²) < 4.78 is 0. The van der Waals surface area contributed by atoms with Crippen molar-refractivity contribution < 1.29 is 4.79 Å². The van der Waals surface area contributed by atoms with Crippen LogP contribution in [0.15, 0.2) is 36.7 Å². The van der Waals surface area contributed by atoms with E-state index in [0.29, 0.717) is 6.54 Å². The van der Waals surface area contributed by atoms with Crippen molar-refractivity contribution >= 4 is 5.78 Å². The second kappa shape index (κ2) is 6.64. The Hall–Kier alpha value is -2.00. The molecule has 0 aliphatic rings. The standard InChI is InChI=1S/C18H22N2O/c1-13-8-15(3)17(9-14(13)2)18(21)12-20(4)11-16-6-5-7-19-10-16/h5-10H,11-12H2,1-4H3. The van der Waals surface area contributed by atoms with Crippen molar-refractivity contribution in [3.63, 3.8) is 0 Å². The zero-order valence-corrected chi connectivity index (χ0v) is 13.2. The number of likely N-dealkylation sites (N-methyl/N-ethyl adjacent to an activating group) is 1. The van der Waals surface area contributed by atoms with Crippen molar-refractivity contribution in [1.82, 2.24) is 9.88 Å². The van der Waals surface area contributed by atoms with Crippen molar-refractivity contribution in [3.8, 4) is 0 Å². The number of hydrogen-bond acceptors (Lipinski definition) is 3. The summed E-state index contributed by atoms with van der Waals surface area (Å²) in [6, 6.07) is 8.03. The average molecular weight is 282 g/mol. The number of carbonyl (C=O) groups is 1. The van der Waals surface area contributed by atoms with Crippen molar-refractivity contribution in [2.45, 2.75) is 27.3 Å². The largest absolute Gasteiger partial charge is 0.295 e. The van der Waals surface area contributed by atoms with Crippen LogP contribution in [0.1, 0.15) is 32.6 Å². The van der Waals surface area contributed by atoms with Crippen LogP contribution >= 0.6 is 0 Å². The quantitative estimate of drug-likeness (QED) is 0.789. The summed E-state index contributed by atoms with van der Waals surface area (Å²) in [5.41, 5.74) is 5.39. The Labute approximate surface area is 126 Å². The van der Waals surface area contributed by atoms with Crippen LogP contribution in [0, 0.1) is 20.8 Å². The van der Waals surface area contributed by atoms with Gasteiger partial charge in [0.2, 0.25) is 0 Å². The molecule has 3 nitrogen and oxygen atoms in total. The van der Waals surface area contributed by atoms with E-state index in [1.165, 1.54) is 11.1 Å². The van der Waals surface area contributed by atoms with E-state index < -0.39 is 0 Å². The number of rotatable bonds is 5. The maximum absolute atomic E-state index is 12.5. The summed E-state index contributed by atoms with van der Waals surface area (Å²) in [7, 11) is 1.96. The molecule has 0 saturated heterocycles. The number of aromatic nitrogens is 1. The molecule has 0 fully saturated rings. The van der Waals surface area contributed by atoms with Crippen LogP contribution in [-0.4, -0.2) is 29.3 Å². The van der Waals surface area contributed by atoms with Crippen molar-refractivity contribution in [3.05, 3.63) is 64.5 Å². The second-order valence-corrected chi connectivity index (χ2v) is 5.71. The fourth-order valence-corrected chi connectivity index (χ4v) is 2.45. The lowest BCUT2D eigenvalue weighted by atomic mass is 9.98. The first-order valence-electron chi connectivity index (χ1n) is 7.16. The van der Waals surface area contributed by atoms with E-state index in [2.05, 4.69) is 18.0 Å². The highest BCUT2D eigenvalue weighted by Crippen LogP contribution is 2.16. The topological polar surface area (TPSA) is 33.2 Å². The average Bonchev–Trinajstić information content (AvgIpc) is 2.43. The second-order valence-electron chi connectivity index (χ2n) is 5.71. The lowest BCUT2D eigenvalue weighted by Gasteiger charge is -2.17. The molecule has 2 aromatic rings. The lowest BCUT2D eigenvalue weighted by Crippen LogP contribution is -2.26. The fraction of sp³-hybridized carbons (Fsp3) is 0.333. The van der Waals surface area contributed by atoms with Crippen molar-refractivity contribution in [2.24, 2.45) is 0 Å². The van der Waals surface area contributed by atoms with Gasteiger partial charge in [-0.05, 0) is 62.2 Å². The summed E-state index contributed by atoms with van der Waals surface area (Å²) in [6.07, 6.45) is 3.59. The van der Waals surface area contributed by atoms with Crippen LogP contribution in [-0.2, 0) is 6.54 Å². The number of aryl methyl sites for hydroxylation is 3. The van der Waals surface area contributed by atoms with Gasteiger partial charge in [0, 0.05) is 24.5 Å². The number of ketones is 1. The zero-order valence-electron chi connectivity index (χ0n) is 13.2. The first-order valence-corrected chi connectivity index (χ1v) is 7.16. The highest BCUT2D eigenvalue weighted by molar-refractivity contribution is 5.99. The predicted octanol–water partition coefficient (Wildman–Crippen LogP) is 3.32. The molecule has 0 unspecified atom stereocenters. The summed E-state index contributed by atoms with van der Waals surface area (Å²) in [6.45, 7) is 7.26. The maximum Gasteiger partial charge on any atom is 0.177 e. The lowest BCUT2D eigenvalue weighted by molar-refractivity contribution is 0.0942. The molecule has 0 radical (unpaired) electrons. The molecule has 1 heterocycles. The van der Waals surface area contributed by atoms with Gasteiger partial charge in [-0.3, -0.25) is 14.7 Å². The highest BCUT2D eigenvalue weighted by Gasteiger charge is 2.13. The van der Waals surface area contributed by atoms with Gasteiger partial charge in [-0.1, -0.05) is 12.1 Å². The number of hydrogen-bond donors (Lipinski definition) is 0. The highest BCUT2D eigenvalue weighted by atomic mass is 16.1. The van der Waals surface area contributed by atoms with Gasteiger partial charge in [-0.25, -0.2) is 0 Å². The van der Waals surface area contributed by atoms with Crippen molar-refractivity contribution in [1.29, 1.82) is 0 Å². The SMILES string of the molecule is Cc1cc(C)c(C(=O)CN(C)Cc2cccnc2)cc1C. The van der Waals surface area contributed by atoms with E-state index in [1.54, 1.807) is 6.20 Å². The molecule has 0 spiro atoms. The van der Waals surface area contributed by atoms with Crippen LogP contribution in [0.5, 0.6) is 0 Å². The molecule has 0 N–H and O–H groups in total. The minimum Gasteiger partial charge on any atom is -0.295 e. The molecule has 0 aliphatic heterocycles. The Bertz CT molecular complexity index is 635. The third-order valence-corrected chi connectivity index (χ3v) is 3.73. The summed E-state index contributed by atoms with van der Waals surface area (Å²) in [4.78, 5) is 18.6. The van der Waals surface area contributed by atoms with E-state index in [4.69, 9.17) is 0 Å². The van der Waals surface area contributed by atoms with Gasteiger partial charge >= 0.3 is 0 Å². The minimum atomic E-state index is 0.169. The molecule has 2 rings (SSSR count). The molecule has 21 heavy (non-hydrogen) atoms. The van der Waals surface area contributed by atoms with Gasteiger partial charge in [0.25, 0.3) is 0 Å².